The molecule has 3 rings (SSSR count). The van der Waals surface area contributed by atoms with Crippen molar-refractivity contribution in [2.45, 2.75) is 11.8 Å². The van der Waals surface area contributed by atoms with Gasteiger partial charge in [-0.25, -0.2) is 0 Å². The maximum Gasteiger partial charge on any atom is 0.0493 e. The maximum atomic E-state index is 2.55. The predicted octanol–water partition coefficient (Wildman–Crippen LogP) is 3.87. The van der Waals surface area contributed by atoms with E-state index in [-0.39, 0.29) is 0 Å². The summed E-state index contributed by atoms with van der Waals surface area (Å²) < 4.78 is 0. The van der Waals surface area contributed by atoms with Crippen LogP contribution in [0.1, 0.15) is 5.56 Å². The van der Waals surface area contributed by atoms with E-state index in [4.69, 9.17) is 0 Å². The molecule has 0 amide bonds. The minimum atomic E-state index is 1.09. The van der Waals surface area contributed by atoms with E-state index in [0.717, 1.165) is 32.1 Å². The third-order valence-electron chi connectivity index (χ3n) is 3.90. The monoisotopic (exact) mass is 298 g/mol. The molecule has 0 spiro atoms. The smallest absolute Gasteiger partial charge is 0.0493 e. The highest BCUT2D eigenvalue weighted by Crippen LogP contribution is 2.21. The molecule has 1 saturated heterocycles. The molecular formula is C18H22N2S. The molecule has 1 aliphatic heterocycles. The van der Waals surface area contributed by atoms with Gasteiger partial charge in [0, 0.05) is 42.6 Å². The van der Waals surface area contributed by atoms with Crippen molar-refractivity contribution in [3.63, 3.8) is 0 Å². The molecular weight excluding hydrogens is 276 g/mol. The third kappa shape index (κ3) is 4.02. The lowest BCUT2D eigenvalue weighted by Crippen LogP contribution is -2.46. The first-order valence-electron chi connectivity index (χ1n) is 7.53. The van der Waals surface area contributed by atoms with Crippen molar-refractivity contribution in [3.8, 4) is 0 Å². The zero-order valence-corrected chi connectivity index (χ0v) is 13.4. The van der Waals surface area contributed by atoms with E-state index in [9.17, 15) is 0 Å². The molecule has 0 aliphatic carbocycles. The Bertz CT molecular complexity index is 562. The van der Waals surface area contributed by atoms with Crippen LogP contribution in [0, 0.1) is 6.92 Å². The van der Waals surface area contributed by atoms with Crippen molar-refractivity contribution < 1.29 is 0 Å². The number of anilines is 1. The second-order valence-electron chi connectivity index (χ2n) is 5.53. The van der Waals surface area contributed by atoms with Gasteiger partial charge in [-0.1, -0.05) is 30.3 Å². The summed E-state index contributed by atoms with van der Waals surface area (Å²) >= 11 is 1.93. The van der Waals surface area contributed by atoms with E-state index < -0.39 is 0 Å². The Kier molecular flexibility index (Phi) is 4.84. The fraction of sp³-hybridized carbons (Fsp3) is 0.333. The van der Waals surface area contributed by atoms with Gasteiger partial charge in [-0.05, 0) is 36.8 Å². The molecule has 1 heterocycles. The summed E-state index contributed by atoms with van der Waals surface area (Å²) in [6.07, 6.45) is 0. The van der Waals surface area contributed by atoms with E-state index in [0.29, 0.717) is 0 Å². The summed E-state index contributed by atoms with van der Waals surface area (Å²) in [5.41, 5.74) is 2.71. The summed E-state index contributed by atoms with van der Waals surface area (Å²) in [4.78, 5) is 6.40. The lowest BCUT2D eigenvalue weighted by molar-refractivity contribution is 0.301. The van der Waals surface area contributed by atoms with Crippen molar-refractivity contribution in [1.82, 2.24) is 4.90 Å². The Labute approximate surface area is 131 Å². The molecule has 0 N–H and O–H groups in total. The number of piperazine rings is 1. The lowest BCUT2D eigenvalue weighted by atomic mass is 10.2. The molecule has 3 heteroatoms. The van der Waals surface area contributed by atoms with Crippen molar-refractivity contribution in [2.75, 3.05) is 37.0 Å². The number of aryl methyl sites for hydroxylation is 1. The zero-order valence-electron chi connectivity index (χ0n) is 12.5. The minimum absolute atomic E-state index is 1.09. The number of rotatable bonds is 4. The first-order chi connectivity index (χ1) is 10.3. The zero-order chi connectivity index (χ0) is 14.5. The van der Waals surface area contributed by atoms with Crippen molar-refractivity contribution in [1.29, 1.82) is 0 Å². The third-order valence-corrected chi connectivity index (χ3v) is 5.00. The van der Waals surface area contributed by atoms with Crippen LogP contribution in [0.4, 0.5) is 5.69 Å². The Balaban J connectivity index is 1.49. The van der Waals surface area contributed by atoms with E-state index >= 15 is 0 Å². The molecule has 2 nitrogen and oxygen atoms in total. The van der Waals surface area contributed by atoms with Gasteiger partial charge >= 0.3 is 0 Å². The summed E-state index contributed by atoms with van der Waals surface area (Å²) in [6.45, 7) is 6.70. The van der Waals surface area contributed by atoms with Crippen LogP contribution in [0.25, 0.3) is 0 Å². The minimum Gasteiger partial charge on any atom is -0.369 e. The van der Waals surface area contributed by atoms with Gasteiger partial charge in [-0.2, -0.15) is 0 Å². The second-order valence-corrected chi connectivity index (χ2v) is 6.55. The number of nitrogens with zero attached hydrogens (tertiary/aromatic N) is 2. The van der Waals surface area contributed by atoms with Crippen LogP contribution in [0.2, 0.25) is 0 Å². The van der Waals surface area contributed by atoms with Crippen LogP contribution in [0.3, 0.4) is 0 Å². The van der Waals surface area contributed by atoms with Crippen LogP contribution < -0.4 is 4.90 Å². The first kappa shape index (κ1) is 14.5. The number of thioether (sulfide) groups is 1. The van der Waals surface area contributed by atoms with Gasteiger partial charge in [-0.3, -0.25) is 4.90 Å². The fourth-order valence-corrected chi connectivity index (χ4v) is 3.58. The molecule has 2 aromatic rings. The average Bonchev–Trinajstić information content (AvgIpc) is 2.54. The van der Waals surface area contributed by atoms with Crippen molar-refractivity contribution in [3.05, 3.63) is 60.2 Å². The second kappa shape index (κ2) is 7.01. The Morgan fingerprint density at radius 2 is 1.67 bits per heavy atom. The van der Waals surface area contributed by atoms with E-state index in [2.05, 4.69) is 71.3 Å². The van der Waals surface area contributed by atoms with Crippen LogP contribution >= 0.6 is 11.8 Å². The fourth-order valence-electron chi connectivity index (χ4n) is 2.64. The SMILES string of the molecule is Cc1cccc(N2CCN(CSc3ccccc3)CC2)c1. The quantitative estimate of drug-likeness (QED) is 0.791. The maximum absolute atomic E-state index is 2.55. The molecule has 2 aromatic carbocycles. The summed E-state index contributed by atoms with van der Waals surface area (Å²) in [5.74, 6) is 1.09. The number of benzene rings is 2. The van der Waals surface area contributed by atoms with Crippen molar-refractivity contribution >= 4 is 17.4 Å². The molecule has 0 saturated carbocycles. The van der Waals surface area contributed by atoms with Gasteiger partial charge in [0.25, 0.3) is 0 Å². The Hall–Kier alpha value is -1.45. The Morgan fingerprint density at radius 1 is 0.905 bits per heavy atom. The molecule has 0 bridgehead atoms. The topological polar surface area (TPSA) is 6.48 Å². The van der Waals surface area contributed by atoms with E-state index in [1.807, 2.05) is 11.8 Å². The first-order valence-corrected chi connectivity index (χ1v) is 8.52. The van der Waals surface area contributed by atoms with Crippen LogP contribution in [-0.4, -0.2) is 37.0 Å². The van der Waals surface area contributed by atoms with Gasteiger partial charge in [0.05, 0.1) is 0 Å². The molecule has 0 radical (unpaired) electrons. The van der Waals surface area contributed by atoms with Gasteiger partial charge in [-0.15, -0.1) is 11.8 Å². The van der Waals surface area contributed by atoms with Gasteiger partial charge in [0.15, 0.2) is 0 Å². The van der Waals surface area contributed by atoms with Crippen LogP contribution in [-0.2, 0) is 0 Å². The highest BCUT2D eigenvalue weighted by Gasteiger charge is 2.17. The molecule has 21 heavy (non-hydrogen) atoms. The van der Waals surface area contributed by atoms with Gasteiger partial charge in [0.2, 0.25) is 0 Å². The number of hydrogen-bond donors (Lipinski definition) is 0. The highest BCUT2D eigenvalue weighted by molar-refractivity contribution is 7.99. The molecule has 110 valence electrons. The Morgan fingerprint density at radius 3 is 2.38 bits per heavy atom. The van der Waals surface area contributed by atoms with Gasteiger partial charge in [0.1, 0.15) is 0 Å². The molecule has 0 unspecified atom stereocenters. The van der Waals surface area contributed by atoms with Crippen LogP contribution in [0.5, 0.6) is 0 Å². The molecule has 0 atom stereocenters. The standard InChI is InChI=1S/C18H22N2S/c1-16-6-5-7-17(14-16)20-12-10-19(11-13-20)15-21-18-8-3-2-4-9-18/h2-9,14H,10-13,15H2,1H3. The normalized spacial score (nSPS) is 16.1. The largest absolute Gasteiger partial charge is 0.369 e. The summed E-state index contributed by atoms with van der Waals surface area (Å²) in [7, 11) is 0. The van der Waals surface area contributed by atoms with E-state index in [1.54, 1.807) is 0 Å². The van der Waals surface area contributed by atoms with Crippen molar-refractivity contribution in [2.24, 2.45) is 0 Å². The average molecular weight is 298 g/mol. The summed E-state index contributed by atoms with van der Waals surface area (Å²) in [5, 5.41) is 0. The van der Waals surface area contributed by atoms with E-state index in [1.165, 1.54) is 16.1 Å². The predicted molar refractivity (Wildman–Crippen MR) is 92.1 cm³/mol. The van der Waals surface area contributed by atoms with Crippen LogP contribution in [0.15, 0.2) is 59.5 Å². The highest BCUT2D eigenvalue weighted by atomic mass is 32.2. The molecule has 1 aliphatic rings. The van der Waals surface area contributed by atoms with Gasteiger partial charge < -0.3 is 4.90 Å². The summed E-state index contributed by atoms with van der Waals surface area (Å²) in [6, 6.07) is 19.5. The molecule has 0 aromatic heterocycles. The number of hydrogen-bond acceptors (Lipinski definition) is 3. The lowest BCUT2D eigenvalue weighted by Gasteiger charge is -2.36. The molecule has 1 fully saturated rings.